The Kier molecular flexibility index (Phi) is 11.2. The quantitative estimate of drug-likeness (QED) is 0.208. The number of halogens is 1. The molecule has 3 rings (SSSR count). The molecular weight excluding hydrogens is 509 g/mol. The first-order valence-electron chi connectivity index (χ1n) is 10.3. The number of nitrogens with zero attached hydrogens (tertiary/aromatic N) is 2. The minimum Gasteiger partial charge on any atom is -0.356 e. The van der Waals surface area contributed by atoms with Gasteiger partial charge in [0.1, 0.15) is 0 Å². The number of guanidine groups is 1. The summed E-state index contributed by atoms with van der Waals surface area (Å²) >= 11 is 1.46. The summed E-state index contributed by atoms with van der Waals surface area (Å²) in [5, 5.41) is 11.8. The van der Waals surface area contributed by atoms with Gasteiger partial charge in [-0.25, -0.2) is 0 Å². The first kappa shape index (κ1) is 24.6. The second-order valence-electron chi connectivity index (χ2n) is 7.27. The van der Waals surface area contributed by atoms with Crippen molar-refractivity contribution in [2.75, 3.05) is 33.2 Å². The van der Waals surface area contributed by atoms with Crippen LogP contribution in [0.15, 0.2) is 52.8 Å². The van der Waals surface area contributed by atoms with Gasteiger partial charge in [0.2, 0.25) is 0 Å². The molecule has 1 aromatic heterocycles. The largest absolute Gasteiger partial charge is 0.356 e. The lowest BCUT2D eigenvalue weighted by Crippen LogP contribution is -2.48. The van der Waals surface area contributed by atoms with Gasteiger partial charge in [0.15, 0.2) is 5.96 Å². The predicted octanol–water partition coefficient (Wildman–Crippen LogP) is 3.32. The zero-order chi connectivity index (χ0) is 20.3. The van der Waals surface area contributed by atoms with Crippen LogP contribution in [0.1, 0.15) is 34.5 Å². The molecule has 6 nitrogen and oxygen atoms in total. The summed E-state index contributed by atoms with van der Waals surface area (Å²) in [6.45, 7) is 4.64. The van der Waals surface area contributed by atoms with Gasteiger partial charge in [-0.3, -0.25) is 14.7 Å². The molecule has 1 saturated heterocycles. The van der Waals surface area contributed by atoms with E-state index in [1.807, 2.05) is 17.5 Å². The minimum absolute atomic E-state index is 0. The fourth-order valence-corrected chi connectivity index (χ4v) is 4.10. The van der Waals surface area contributed by atoms with Crippen LogP contribution in [0.4, 0.5) is 0 Å². The Bertz CT molecular complexity index is 761. The van der Waals surface area contributed by atoms with Gasteiger partial charge < -0.3 is 16.0 Å². The smallest absolute Gasteiger partial charge is 0.261 e. The van der Waals surface area contributed by atoms with E-state index in [9.17, 15) is 4.79 Å². The number of amides is 1. The summed E-state index contributed by atoms with van der Waals surface area (Å²) in [6.07, 6.45) is 3.09. The van der Waals surface area contributed by atoms with Crippen molar-refractivity contribution in [3.05, 3.63) is 58.3 Å². The van der Waals surface area contributed by atoms with Crippen LogP contribution in [-0.4, -0.2) is 56.0 Å². The fraction of sp³-hybridized carbons (Fsp3) is 0.455. The van der Waals surface area contributed by atoms with Crippen LogP contribution in [0.3, 0.4) is 0 Å². The lowest BCUT2D eigenvalue weighted by atomic mass is 10.0. The van der Waals surface area contributed by atoms with Gasteiger partial charge in [0.05, 0.1) is 4.88 Å². The molecule has 8 heteroatoms. The van der Waals surface area contributed by atoms with Crippen molar-refractivity contribution < 1.29 is 4.79 Å². The van der Waals surface area contributed by atoms with Gasteiger partial charge >= 0.3 is 0 Å². The molecule has 0 bridgehead atoms. The number of benzene rings is 1. The summed E-state index contributed by atoms with van der Waals surface area (Å²) in [5.41, 5.74) is 1.38. The molecule has 1 fully saturated rings. The second-order valence-corrected chi connectivity index (χ2v) is 8.21. The maximum Gasteiger partial charge on any atom is 0.261 e. The fourth-order valence-electron chi connectivity index (χ4n) is 3.46. The maximum absolute atomic E-state index is 11.9. The number of likely N-dealkylation sites (tertiary alicyclic amines) is 1. The average molecular weight is 542 g/mol. The number of carbonyl (C=O) groups is 1. The van der Waals surface area contributed by atoms with Crippen LogP contribution in [0.2, 0.25) is 0 Å². The summed E-state index contributed by atoms with van der Waals surface area (Å²) in [5.74, 6) is 0.848. The molecule has 2 heterocycles. The van der Waals surface area contributed by atoms with Gasteiger partial charge in [-0.05, 0) is 36.3 Å². The average Bonchev–Trinajstić information content (AvgIpc) is 3.29. The van der Waals surface area contributed by atoms with Gasteiger partial charge in [0.25, 0.3) is 5.91 Å². The van der Waals surface area contributed by atoms with Crippen molar-refractivity contribution in [2.45, 2.75) is 31.8 Å². The Hall–Kier alpha value is -1.65. The molecule has 0 unspecified atom stereocenters. The Labute approximate surface area is 200 Å². The maximum atomic E-state index is 11.9. The van der Waals surface area contributed by atoms with E-state index >= 15 is 0 Å². The molecule has 0 aliphatic carbocycles. The number of hydrogen-bond donors (Lipinski definition) is 3. The SMILES string of the molecule is CN=C(NCCCNC(=O)c1cccs1)NC1CCN(Cc2ccccc2)CC1.I. The first-order valence-corrected chi connectivity index (χ1v) is 11.2. The molecular formula is C22H32IN5OS. The summed E-state index contributed by atoms with van der Waals surface area (Å²) in [6, 6.07) is 14.8. The third kappa shape index (κ3) is 8.23. The predicted molar refractivity (Wildman–Crippen MR) is 136 cm³/mol. The van der Waals surface area contributed by atoms with Crippen molar-refractivity contribution in [3.8, 4) is 0 Å². The van der Waals surface area contributed by atoms with E-state index in [1.165, 1.54) is 16.9 Å². The number of thiophene rings is 1. The topological polar surface area (TPSA) is 68.8 Å². The number of nitrogens with one attached hydrogen (secondary N) is 3. The van der Waals surface area contributed by atoms with Crippen LogP contribution >= 0.6 is 35.3 Å². The normalized spacial score (nSPS) is 15.3. The van der Waals surface area contributed by atoms with Crippen molar-refractivity contribution >= 4 is 47.2 Å². The van der Waals surface area contributed by atoms with E-state index in [2.05, 4.69) is 56.2 Å². The Morgan fingerprint density at radius 3 is 2.50 bits per heavy atom. The molecule has 1 amide bonds. The van der Waals surface area contributed by atoms with Crippen molar-refractivity contribution in [2.24, 2.45) is 4.99 Å². The number of hydrogen-bond acceptors (Lipinski definition) is 4. The van der Waals surface area contributed by atoms with E-state index in [-0.39, 0.29) is 29.9 Å². The summed E-state index contributed by atoms with van der Waals surface area (Å²) in [4.78, 5) is 19.5. The molecule has 0 spiro atoms. The number of aliphatic imine (C=N–C) groups is 1. The molecule has 0 radical (unpaired) electrons. The first-order chi connectivity index (χ1) is 14.2. The van der Waals surface area contributed by atoms with Gasteiger partial charge in [-0.15, -0.1) is 35.3 Å². The highest BCUT2D eigenvalue weighted by Crippen LogP contribution is 2.13. The molecule has 3 N–H and O–H groups in total. The standard InChI is InChI=1S/C22H31N5OS.HI/c1-23-22(25-13-6-12-24-21(28)20-9-5-16-29-20)26-19-10-14-27(15-11-19)17-18-7-3-2-4-8-18;/h2-5,7-9,16,19H,6,10-15,17H2,1H3,(H,24,28)(H2,23,25,26);1H. The number of carbonyl (C=O) groups excluding carboxylic acids is 1. The molecule has 2 aromatic rings. The van der Waals surface area contributed by atoms with E-state index in [4.69, 9.17) is 0 Å². The van der Waals surface area contributed by atoms with Crippen LogP contribution in [-0.2, 0) is 6.54 Å². The Morgan fingerprint density at radius 1 is 1.10 bits per heavy atom. The van der Waals surface area contributed by atoms with E-state index < -0.39 is 0 Å². The third-order valence-electron chi connectivity index (χ3n) is 5.08. The molecule has 1 aliphatic heterocycles. The van der Waals surface area contributed by atoms with Crippen LogP contribution in [0.5, 0.6) is 0 Å². The highest BCUT2D eigenvalue weighted by molar-refractivity contribution is 14.0. The van der Waals surface area contributed by atoms with Crippen molar-refractivity contribution in [1.29, 1.82) is 0 Å². The Morgan fingerprint density at radius 2 is 1.83 bits per heavy atom. The third-order valence-corrected chi connectivity index (χ3v) is 5.95. The zero-order valence-corrected chi connectivity index (χ0v) is 20.6. The zero-order valence-electron chi connectivity index (χ0n) is 17.5. The molecule has 1 aromatic carbocycles. The van der Waals surface area contributed by atoms with Crippen LogP contribution in [0.25, 0.3) is 0 Å². The monoisotopic (exact) mass is 541 g/mol. The van der Waals surface area contributed by atoms with Crippen molar-refractivity contribution in [1.82, 2.24) is 20.9 Å². The lowest BCUT2D eigenvalue weighted by Gasteiger charge is -2.33. The molecule has 164 valence electrons. The van der Waals surface area contributed by atoms with Crippen LogP contribution < -0.4 is 16.0 Å². The van der Waals surface area contributed by atoms with Gasteiger partial charge in [-0.2, -0.15) is 0 Å². The molecule has 1 aliphatic rings. The van der Waals surface area contributed by atoms with E-state index in [0.29, 0.717) is 12.6 Å². The minimum atomic E-state index is 0. The summed E-state index contributed by atoms with van der Waals surface area (Å²) < 4.78 is 0. The van der Waals surface area contributed by atoms with E-state index in [1.54, 1.807) is 7.05 Å². The number of piperidine rings is 1. The Balaban J connectivity index is 0.00000320. The van der Waals surface area contributed by atoms with E-state index in [0.717, 1.165) is 56.3 Å². The van der Waals surface area contributed by atoms with Gasteiger partial charge in [-0.1, -0.05) is 36.4 Å². The highest BCUT2D eigenvalue weighted by Gasteiger charge is 2.19. The molecule has 0 atom stereocenters. The second kappa shape index (κ2) is 13.6. The van der Waals surface area contributed by atoms with Crippen molar-refractivity contribution in [3.63, 3.8) is 0 Å². The molecule has 30 heavy (non-hydrogen) atoms. The highest BCUT2D eigenvalue weighted by atomic mass is 127. The summed E-state index contributed by atoms with van der Waals surface area (Å²) in [7, 11) is 1.80. The lowest BCUT2D eigenvalue weighted by molar-refractivity contribution is 0.0957. The van der Waals surface area contributed by atoms with Gasteiger partial charge in [0, 0.05) is 45.8 Å². The number of rotatable bonds is 8. The van der Waals surface area contributed by atoms with Crippen LogP contribution in [0, 0.1) is 0 Å². The molecule has 0 saturated carbocycles.